The van der Waals surface area contributed by atoms with Crippen molar-refractivity contribution >= 4 is 0 Å². The normalized spacial score (nSPS) is 14.9. The topological polar surface area (TPSA) is 53.9 Å². The fourth-order valence-electron chi connectivity index (χ4n) is 3.77. The first-order valence-electron chi connectivity index (χ1n) is 9.90. The molecule has 1 aromatic carbocycles. The van der Waals surface area contributed by atoms with Gasteiger partial charge in [0, 0.05) is 49.6 Å². The van der Waals surface area contributed by atoms with Gasteiger partial charge in [-0.3, -0.25) is 9.69 Å². The van der Waals surface area contributed by atoms with E-state index in [0.717, 1.165) is 30.1 Å². The number of nitrogens with one attached hydrogen (secondary N) is 1. The lowest BCUT2D eigenvalue weighted by Crippen LogP contribution is -2.36. The molecule has 158 valence electrons. The molecule has 5 nitrogen and oxygen atoms in total. The van der Waals surface area contributed by atoms with Gasteiger partial charge in [0.2, 0.25) is 0 Å². The van der Waals surface area contributed by atoms with Crippen molar-refractivity contribution in [2.24, 2.45) is 0 Å². The first-order chi connectivity index (χ1) is 14.2. The molecule has 0 spiro atoms. The molecule has 3 heterocycles. The molecular weight excluding hydrogens is 393 g/mol. The highest BCUT2D eigenvalue weighted by Gasteiger charge is 2.30. The van der Waals surface area contributed by atoms with Crippen LogP contribution in [0.25, 0.3) is 5.69 Å². The van der Waals surface area contributed by atoms with Crippen LogP contribution in [0.15, 0.2) is 47.4 Å². The summed E-state index contributed by atoms with van der Waals surface area (Å²) in [6.07, 6.45) is -1.96. The third kappa shape index (κ3) is 4.05. The van der Waals surface area contributed by atoms with Gasteiger partial charge in [-0.2, -0.15) is 13.2 Å². The Morgan fingerprint density at radius 3 is 2.73 bits per heavy atom. The number of rotatable bonds is 4. The second-order valence-electron chi connectivity index (χ2n) is 7.91. The lowest BCUT2D eigenvalue weighted by Gasteiger charge is -2.28. The van der Waals surface area contributed by atoms with Crippen molar-refractivity contribution in [1.82, 2.24) is 19.4 Å². The molecule has 0 atom stereocenters. The van der Waals surface area contributed by atoms with Gasteiger partial charge in [-0.15, -0.1) is 0 Å². The van der Waals surface area contributed by atoms with Gasteiger partial charge in [-0.25, -0.2) is 4.98 Å². The zero-order valence-electron chi connectivity index (χ0n) is 16.8. The van der Waals surface area contributed by atoms with Crippen LogP contribution in [-0.2, 0) is 25.7 Å². The summed E-state index contributed by atoms with van der Waals surface area (Å²) < 4.78 is 41.0. The minimum absolute atomic E-state index is 0.110. The highest BCUT2D eigenvalue weighted by Crippen LogP contribution is 2.31. The SMILES string of the molecule is CC(C)c1nc2c(c(=O)[nH]1)CN(Cc1cccn1-c1cccc(C(F)(F)F)c1)CC2. The lowest BCUT2D eigenvalue weighted by molar-refractivity contribution is -0.137. The second-order valence-corrected chi connectivity index (χ2v) is 7.91. The number of aromatic amines is 1. The predicted octanol–water partition coefficient (Wildman–Crippen LogP) is 4.26. The molecule has 2 aromatic heterocycles. The molecule has 4 rings (SSSR count). The van der Waals surface area contributed by atoms with Gasteiger partial charge in [-0.1, -0.05) is 19.9 Å². The molecule has 0 amide bonds. The van der Waals surface area contributed by atoms with Crippen LogP contribution in [0.3, 0.4) is 0 Å². The Labute approximate surface area is 172 Å². The van der Waals surface area contributed by atoms with Crippen LogP contribution in [0.1, 0.15) is 48.1 Å². The minimum Gasteiger partial charge on any atom is -0.320 e. The van der Waals surface area contributed by atoms with Crippen molar-refractivity contribution in [3.05, 3.63) is 81.3 Å². The van der Waals surface area contributed by atoms with E-state index >= 15 is 0 Å². The van der Waals surface area contributed by atoms with Gasteiger partial charge in [0.05, 0.1) is 16.8 Å². The average molecular weight is 416 g/mol. The van der Waals surface area contributed by atoms with Gasteiger partial charge in [0.25, 0.3) is 5.56 Å². The maximum Gasteiger partial charge on any atom is 0.416 e. The Hall–Kier alpha value is -2.87. The molecule has 1 aliphatic rings. The molecule has 8 heteroatoms. The maximum absolute atomic E-state index is 13.1. The zero-order chi connectivity index (χ0) is 21.5. The molecule has 3 aromatic rings. The van der Waals surface area contributed by atoms with E-state index in [1.54, 1.807) is 16.8 Å². The molecule has 0 saturated carbocycles. The fourth-order valence-corrected chi connectivity index (χ4v) is 3.77. The van der Waals surface area contributed by atoms with Crippen LogP contribution in [0, 0.1) is 0 Å². The van der Waals surface area contributed by atoms with E-state index in [-0.39, 0.29) is 11.5 Å². The molecule has 0 radical (unpaired) electrons. The van der Waals surface area contributed by atoms with Crippen LogP contribution in [0.2, 0.25) is 0 Å². The number of hydrogen-bond donors (Lipinski definition) is 1. The van der Waals surface area contributed by atoms with E-state index in [1.807, 2.05) is 26.0 Å². The summed E-state index contributed by atoms with van der Waals surface area (Å²) in [7, 11) is 0. The molecule has 0 bridgehead atoms. The maximum atomic E-state index is 13.1. The van der Waals surface area contributed by atoms with E-state index < -0.39 is 11.7 Å². The van der Waals surface area contributed by atoms with Gasteiger partial charge < -0.3 is 9.55 Å². The summed E-state index contributed by atoms with van der Waals surface area (Å²) in [5, 5.41) is 0. The van der Waals surface area contributed by atoms with Gasteiger partial charge in [0.1, 0.15) is 5.82 Å². The van der Waals surface area contributed by atoms with E-state index in [1.165, 1.54) is 6.07 Å². The first-order valence-corrected chi connectivity index (χ1v) is 9.90. The van der Waals surface area contributed by atoms with Crippen molar-refractivity contribution in [2.45, 2.75) is 45.5 Å². The number of fused-ring (bicyclic) bond motifs is 1. The van der Waals surface area contributed by atoms with Crippen LogP contribution in [-0.4, -0.2) is 26.0 Å². The molecule has 0 saturated heterocycles. The predicted molar refractivity (Wildman–Crippen MR) is 108 cm³/mol. The summed E-state index contributed by atoms with van der Waals surface area (Å²) in [6, 6.07) is 9.00. The number of H-pyrrole nitrogens is 1. The Kier molecular flexibility index (Phi) is 5.27. The highest BCUT2D eigenvalue weighted by molar-refractivity contribution is 5.39. The monoisotopic (exact) mass is 416 g/mol. The average Bonchev–Trinajstić information content (AvgIpc) is 3.16. The van der Waals surface area contributed by atoms with E-state index in [4.69, 9.17) is 0 Å². The molecular formula is C22H23F3N4O. The highest BCUT2D eigenvalue weighted by atomic mass is 19.4. The molecule has 30 heavy (non-hydrogen) atoms. The second kappa shape index (κ2) is 7.75. The number of aromatic nitrogens is 3. The van der Waals surface area contributed by atoms with Gasteiger partial charge >= 0.3 is 6.18 Å². The van der Waals surface area contributed by atoms with Crippen molar-refractivity contribution in [3.8, 4) is 5.69 Å². The molecule has 1 aliphatic heterocycles. The van der Waals surface area contributed by atoms with Gasteiger partial charge in [-0.05, 0) is 30.3 Å². The molecule has 0 fully saturated rings. The van der Waals surface area contributed by atoms with Crippen LogP contribution < -0.4 is 5.56 Å². The smallest absolute Gasteiger partial charge is 0.320 e. The van der Waals surface area contributed by atoms with Gasteiger partial charge in [0.15, 0.2) is 0 Å². The zero-order valence-corrected chi connectivity index (χ0v) is 16.8. The number of alkyl halides is 3. The minimum atomic E-state index is -4.39. The number of benzene rings is 1. The summed E-state index contributed by atoms with van der Waals surface area (Å²) in [4.78, 5) is 22.1. The number of nitrogens with zero attached hydrogens (tertiary/aromatic N) is 3. The summed E-state index contributed by atoms with van der Waals surface area (Å²) in [5.74, 6) is 0.849. The van der Waals surface area contributed by atoms with Crippen molar-refractivity contribution in [1.29, 1.82) is 0 Å². The number of hydrogen-bond acceptors (Lipinski definition) is 3. The van der Waals surface area contributed by atoms with Crippen molar-refractivity contribution in [2.75, 3.05) is 6.54 Å². The summed E-state index contributed by atoms with van der Waals surface area (Å²) in [6.45, 7) is 5.69. The van der Waals surface area contributed by atoms with Crippen LogP contribution in [0.4, 0.5) is 13.2 Å². The standard InChI is InChI=1S/C22H23F3N4O/c1-14(2)20-26-19-8-10-28(13-18(19)21(30)27-20)12-17-7-4-9-29(17)16-6-3-5-15(11-16)22(23,24)25/h3-7,9,11,14H,8,10,12-13H2,1-2H3,(H,26,27,30). The summed E-state index contributed by atoms with van der Waals surface area (Å²) >= 11 is 0. The molecule has 0 unspecified atom stereocenters. The van der Waals surface area contributed by atoms with E-state index in [0.29, 0.717) is 36.6 Å². The first kappa shape index (κ1) is 20.4. The fraction of sp³-hybridized carbons (Fsp3) is 0.364. The van der Waals surface area contributed by atoms with E-state index in [9.17, 15) is 18.0 Å². The third-order valence-corrected chi connectivity index (χ3v) is 5.38. The Balaban J connectivity index is 1.57. The van der Waals surface area contributed by atoms with Crippen molar-refractivity contribution < 1.29 is 13.2 Å². The Morgan fingerprint density at radius 2 is 2.00 bits per heavy atom. The largest absolute Gasteiger partial charge is 0.416 e. The Morgan fingerprint density at radius 1 is 1.20 bits per heavy atom. The van der Waals surface area contributed by atoms with E-state index in [2.05, 4.69) is 14.9 Å². The van der Waals surface area contributed by atoms with Crippen LogP contribution >= 0.6 is 0 Å². The Bertz CT molecular complexity index is 1110. The van der Waals surface area contributed by atoms with Crippen molar-refractivity contribution in [3.63, 3.8) is 0 Å². The summed E-state index contributed by atoms with van der Waals surface area (Å²) in [5.41, 5.74) is 2.05. The lowest BCUT2D eigenvalue weighted by atomic mass is 10.1. The molecule has 0 aliphatic carbocycles. The van der Waals surface area contributed by atoms with Crippen LogP contribution in [0.5, 0.6) is 0 Å². The quantitative estimate of drug-likeness (QED) is 0.692. The molecule has 1 N–H and O–H groups in total. The number of halogens is 3. The third-order valence-electron chi connectivity index (χ3n) is 5.38.